The Balaban J connectivity index is 1.51. The summed E-state index contributed by atoms with van der Waals surface area (Å²) in [5.74, 6) is 2.43. The largest absolute Gasteiger partial charge is 0.497 e. The van der Waals surface area contributed by atoms with Gasteiger partial charge in [0.05, 0.1) is 19.9 Å². The fourth-order valence-corrected chi connectivity index (χ4v) is 3.46. The van der Waals surface area contributed by atoms with Crippen molar-refractivity contribution >= 4 is 17.7 Å². The highest BCUT2D eigenvalue weighted by molar-refractivity contribution is 7.98. The molecule has 0 saturated heterocycles. The lowest BCUT2D eigenvalue weighted by molar-refractivity contribution is 0.0741. The molecular formula is C22H23NO4S. The molecule has 0 fully saturated rings. The summed E-state index contributed by atoms with van der Waals surface area (Å²) in [6.07, 6.45) is 1.57. The van der Waals surface area contributed by atoms with Crippen molar-refractivity contribution in [3.8, 4) is 11.5 Å². The number of furan rings is 1. The summed E-state index contributed by atoms with van der Waals surface area (Å²) in [4.78, 5) is 15.5. The Morgan fingerprint density at radius 1 is 1.04 bits per heavy atom. The predicted octanol–water partition coefficient (Wildman–Crippen LogP) is 4.73. The summed E-state index contributed by atoms with van der Waals surface area (Å²) in [5.41, 5.74) is 0.891. The maximum absolute atomic E-state index is 12.7. The van der Waals surface area contributed by atoms with E-state index in [4.69, 9.17) is 13.9 Å². The summed E-state index contributed by atoms with van der Waals surface area (Å²) >= 11 is 1.67. The molecule has 2 aromatic carbocycles. The molecule has 0 aliphatic heterocycles. The Labute approximate surface area is 169 Å². The van der Waals surface area contributed by atoms with Gasteiger partial charge in [0.1, 0.15) is 18.1 Å². The monoisotopic (exact) mass is 397 g/mol. The number of hydrogen-bond donors (Lipinski definition) is 0. The van der Waals surface area contributed by atoms with E-state index in [1.807, 2.05) is 48.5 Å². The normalized spacial score (nSPS) is 10.5. The first kappa shape index (κ1) is 19.9. The van der Waals surface area contributed by atoms with Crippen molar-refractivity contribution in [2.24, 2.45) is 0 Å². The molecule has 5 nitrogen and oxygen atoms in total. The van der Waals surface area contributed by atoms with Crippen molar-refractivity contribution < 1.29 is 18.7 Å². The molecule has 146 valence electrons. The molecule has 0 radical (unpaired) electrons. The van der Waals surface area contributed by atoms with Gasteiger partial charge in [-0.2, -0.15) is 0 Å². The van der Waals surface area contributed by atoms with Gasteiger partial charge < -0.3 is 18.8 Å². The van der Waals surface area contributed by atoms with Crippen LogP contribution >= 0.6 is 11.8 Å². The van der Waals surface area contributed by atoms with E-state index >= 15 is 0 Å². The van der Waals surface area contributed by atoms with Gasteiger partial charge in [0.2, 0.25) is 0 Å². The molecule has 1 heterocycles. The van der Waals surface area contributed by atoms with E-state index in [1.165, 1.54) is 0 Å². The van der Waals surface area contributed by atoms with Crippen molar-refractivity contribution in [1.82, 2.24) is 4.90 Å². The minimum atomic E-state index is -0.146. The number of thioether (sulfide) groups is 1. The molecular weight excluding hydrogens is 374 g/mol. The van der Waals surface area contributed by atoms with Crippen LogP contribution in [0.5, 0.6) is 11.5 Å². The highest BCUT2D eigenvalue weighted by atomic mass is 32.2. The highest BCUT2D eigenvalue weighted by Crippen LogP contribution is 2.25. The van der Waals surface area contributed by atoms with Gasteiger partial charge in [-0.05, 0) is 42.5 Å². The number of nitrogens with zero attached hydrogens (tertiary/aromatic N) is 1. The average molecular weight is 397 g/mol. The van der Waals surface area contributed by atoms with E-state index in [1.54, 1.807) is 37.1 Å². The molecule has 0 spiro atoms. The lowest BCUT2D eigenvalue weighted by Gasteiger charge is -2.17. The number of likely N-dealkylation sites (N-methyl/N-ethyl adjacent to an activating group) is 1. The first-order chi connectivity index (χ1) is 13.7. The summed E-state index contributed by atoms with van der Waals surface area (Å²) in [5, 5.41) is 0. The third-order valence-corrected chi connectivity index (χ3v) is 5.24. The summed E-state index contributed by atoms with van der Waals surface area (Å²) in [7, 11) is 3.37. The van der Waals surface area contributed by atoms with Crippen LogP contribution in [0.1, 0.15) is 16.1 Å². The number of rotatable bonds is 9. The van der Waals surface area contributed by atoms with Crippen LogP contribution in [0.2, 0.25) is 0 Å². The Bertz CT molecular complexity index is 877. The zero-order chi connectivity index (χ0) is 19.8. The number of ether oxygens (including phenoxy) is 2. The molecule has 1 aromatic heterocycles. The summed E-state index contributed by atoms with van der Waals surface area (Å²) in [6, 6.07) is 19.3. The van der Waals surface area contributed by atoms with E-state index in [2.05, 4.69) is 12.1 Å². The average Bonchev–Trinajstić information content (AvgIpc) is 3.21. The maximum atomic E-state index is 12.7. The number of carbonyl (C=O) groups excluding carboxylic acids is 1. The zero-order valence-corrected chi connectivity index (χ0v) is 16.8. The third kappa shape index (κ3) is 5.33. The Morgan fingerprint density at radius 3 is 2.46 bits per heavy atom. The van der Waals surface area contributed by atoms with Gasteiger partial charge in [-0.15, -0.1) is 11.8 Å². The van der Waals surface area contributed by atoms with Crippen molar-refractivity contribution in [3.05, 3.63) is 78.3 Å². The van der Waals surface area contributed by atoms with Crippen molar-refractivity contribution in [2.75, 3.05) is 27.3 Å². The third-order valence-electron chi connectivity index (χ3n) is 4.18. The molecule has 0 unspecified atom stereocenters. The van der Waals surface area contributed by atoms with E-state index in [0.717, 1.165) is 22.0 Å². The second kappa shape index (κ2) is 9.90. The molecule has 0 saturated carbocycles. The fourth-order valence-electron chi connectivity index (χ4n) is 2.56. The molecule has 0 aliphatic carbocycles. The van der Waals surface area contributed by atoms with Crippen LogP contribution in [0.25, 0.3) is 0 Å². The van der Waals surface area contributed by atoms with Gasteiger partial charge in [-0.3, -0.25) is 4.79 Å². The molecule has 0 bridgehead atoms. The lowest BCUT2D eigenvalue weighted by atomic mass is 10.2. The highest BCUT2D eigenvalue weighted by Gasteiger charge is 2.19. The lowest BCUT2D eigenvalue weighted by Crippen LogP contribution is -2.31. The van der Waals surface area contributed by atoms with Gasteiger partial charge in [0.25, 0.3) is 5.91 Å². The Kier molecular flexibility index (Phi) is 7.03. The van der Waals surface area contributed by atoms with Crippen LogP contribution in [0.3, 0.4) is 0 Å². The van der Waals surface area contributed by atoms with Gasteiger partial charge in [-0.1, -0.05) is 18.2 Å². The minimum Gasteiger partial charge on any atom is -0.497 e. The van der Waals surface area contributed by atoms with E-state index in [9.17, 15) is 4.79 Å². The predicted molar refractivity (Wildman–Crippen MR) is 110 cm³/mol. The van der Waals surface area contributed by atoms with Crippen molar-refractivity contribution in [3.63, 3.8) is 0 Å². The standard InChI is InChI=1S/C22H23NO4S/c1-23(13-15-26-19-10-8-18(25-2)9-11-19)22(24)21-17(12-14-27-21)16-28-20-6-4-3-5-7-20/h3-12,14H,13,15-16H2,1-2H3. The Hall–Kier alpha value is -2.86. The summed E-state index contributed by atoms with van der Waals surface area (Å²) < 4.78 is 16.3. The molecule has 1 amide bonds. The van der Waals surface area contributed by atoms with Crippen molar-refractivity contribution in [2.45, 2.75) is 10.6 Å². The number of methoxy groups -OCH3 is 1. The van der Waals surface area contributed by atoms with Gasteiger partial charge in [0.15, 0.2) is 5.76 Å². The molecule has 0 N–H and O–H groups in total. The van der Waals surface area contributed by atoms with Crippen LogP contribution in [-0.2, 0) is 5.75 Å². The fraction of sp³-hybridized carbons (Fsp3) is 0.227. The topological polar surface area (TPSA) is 51.9 Å². The van der Waals surface area contributed by atoms with Crippen LogP contribution < -0.4 is 9.47 Å². The zero-order valence-electron chi connectivity index (χ0n) is 16.0. The molecule has 6 heteroatoms. The molecule has 0 atom stereocenters. The first-order valence-corrected chi connectivity index (χ1v) is 9.92. The van der Waals surface area contributed by atoms with E-state index < -0.39 is 0 Å². The Morgan fingerprint density at radius 2 is 1.75 bits per heavy atom. The van der Waals surface area contributed by atoms with Gasteiger partial charge in [-0.25, -0.2) is 0 Å². The second-order valence-electron chi connectivity index (χ2n) is 6.13. The first-order valence-electron chi connectivity index (χ1n) is 8.94. The van der Waals surface area contributed by atoms with Crippen LogP contribution in [0.15, 0.2) is 76.2 Å². The number of amides is 1. The van der Waals surface area contributed by atoms with E-state index in [0.29, 0.717) is 24.7 Å². The van der Waals surface area contributed by atoms with Crippen LogP contribution in [0.4, 0.5) is 0 Å². The SMILES string of the molecule is COc1ccc(OCCN(C)C(=O)c2occc2CSc2ccccc2)cc1. The van der Waals surface area contributed by atoms with E-state index in [-0.39, 0.29) is 5.91 Å². The van der Waals surface area contributed by atoms with Crippen LogP contribution in [-0.4, -0.2) is 38.1 Å². The number of hydrogen-bond acceptors (Lipinski definition) is 5. The quantitative estimate of drug-likeness (QED) is 0.489. The smallest absolute Gasteiger partial charge is 0.289 e. The number of benzene rings is 2. The molecule has 3 rings (SSSR count). The minimum absolute atomic E-state index is 0.146. The maximum Gasteiger partial charge on any atom is 0.289 e. The molecule has 0 aliphatic rings. The summed E-state index contributed by atoms with van der Waals surface area (Å²) in [6.45, 7) is 0.847. The second-order valence-corrected chi connectivity index (χ2v) is 7.18. The number of carbonyl (C=O) groups is 1. The van der Waals surface area contributed by atoms with Crippen LogP contribution in [0, 0.1) is 0 Å². The van der Waals surface area contributed by atoms with Crippen molar-refractivity contribution in [1.29, 1.82) is 0 Å². The van der Waals surface area contributed by atoms with Gasteiger partial charge >= 0.3 is 0 Å². The van der Waals surface area contributed by atoms with Gasteiger partial charge in [0, 0.05) is 23.3 Å². The molecule has 3 aromatic rings. The molecule has 28 heavy (non-hydrogen) atoms.